The average molecular weight is 409 g/mol. The summed E-state index contributed by atoms with van der Waals surface area (Å²) in [6.07, 6.45) is 1.76. The van der Waals surface area contributed by atoms with Gasteiger partial charge in [-0.25, -0.2) is 4.98 Å². The lowest BCUT2D eigenvalue weighted by Crippen LogP contribution is -2.02. The molecule has 2 aromatic carbocycles. The highest BCUT2D eigenvalue weighted by Crippen LogP contribution is 2.39. The zero-order valence-corrected chi connectivity index (χ0v) is 15.5. The second-order valence-corrected chi connectivity index (χ2v) is 7.50. The Labute approximate surface area is 157 Å². The van der Waals surface area contributed by atoms with Gasteiger partial charge in [-0.3, -0.25) is 4.79 Å². The van der Waals surface area contributed by atoms with Gasteiger partial charge < -0.3 is 5.73 Å². The predicted molar refractivity (Wildman–Crippen MR) is 107 cm³/mol. The third-order valence-electron chi connectivity index (χ3n) is 4.03. The first kappa shape index (κ1) is 16.0. The molecule has 122 valence electrons. The summed E-state index contributed by atoms with van der Waals surface area (Å²) in [5, 5.41) is 0.846. The van der Waals surface area contributed by atoms with Gasteiger partial charge in [0.05, 0.1) is 5.69 Å². The Kier molecular flexibility index (Phi) is 4.11. The van der Waals surface area contributed by atoms with Crippen LogP contribution in [0.2, 0.25) is 0 Å². The van der Waals surface area contributed by atoms with Crippen LogP contribution in [0.15, 0.2) is 71.3 Å². The van der Waals surface area contributed by atoms with E-state index in [2.05, 4.69) is 20.9 Å². The van der Waals surface area contributed by atoms with E-state index >= 15 is 0 Å². The maximum absolute atomic E-state index is 12.9. The summed E-state index contributed by atoms with van der Waals surface area (Å²) in [7, 11) is 0. The number of carbonyl (C=O) groups is 1. The standard InChI is InChI=1S/C20H13BrN2OS/c21-14-8-6-13(7-9-14)18(24)19-17(22)16-15(10-11-23-20(16)25-19)12-4-2-1-3-5-12/h1-11H,22H2. The number of aromatic nitrogens is 1. The van der Waals surface area contributed by atoms with Crippen molar-refractivity contribution in [2.24, 2.45) is 0 Å². The zero-order chi connectivity index (χ0) is 17.4. The molecule has 5 heteroatoms. The number of rotatable bonds is 3. The van der Waals surface area contributed by atoms with Crippen molar-refractivity contribution in [3.63, 3.8) is 0 Å². The summed E-state index contributed by atoms with van der Waals surface area (Å²) in [5.74, 6) is -0.0768. The molecule has 0 saturated heterocycles. The smallest absolute Gasteiger partial charge is 0.205 e. The number of carbonyl (C=O) groups excluding carboxylic acids is 1. The number of fused-ring (bicyclic) bond motifs is 1. The summed E-state index contributed by atoms with van der Waals surface area (Å²) >= 11 is 4.73. The Bertz CT molecular complexity index is 1070. The quantitative estimate of drug-likeness (QED) is 0.452. The van der Waals surface area contributed by atoms with Gasteiger partial charge in [0.1, 0.15) is 9.71 Å². The highest BCUT2D eigenvalue weighted by molar-refractivity contribution is 9.10. The van der Waals surface area contributed by atoms with Gasteiger partial charge in [0.2, 0.25) is 5.78 Å². The van der Waals surface area contributed by atoms with E-state index in [0.29, 0.717) is 16.1 Å². The van der Waals surface area contributed by atoms with Crippen molar-refractivity contribution in [1.29, 1.82) is 0 Å². The van der Waals surface area contributed by atoms with E-state index in [1.165, 1.54) is 11.3 Å². The fraction of sp³-hybridized carbons (Fsp3) is 0. The molecule has 0 saturated carbocycles. The van der Waals surface area contributed by atoms with Crippen LogP contribution in [0.1, 0.15) is 15.2 Å². The minimum atomic E-state index is -0.0768. The van der Waals surface area contributed by atoms with Crippen LogP contribution in [0.5, 0.6) is 0 Å². The summed E-state index contributed by atoms with van der Waals surface area (Å²) in [5.41, 5.74) is 9.55. The number of pyridine rings is 1. The van der Waals surface area contributed by atoms with Gasteiger partial charge in [0, 0.05) is 21.6 Å². The van der Waals surface area contributed by atoms with Crippen LogP contribution in [-0.4, -0.2) is 10.8 Å². The molecule has 0 atom stereocenters. The monoisotopic (exact) mass is 408 g/mol. The lowest BCUT2D eigenvalue weighted by Gasteiger charge is -2.04. The maximum atomic E-state index is 12.9. The molecule has 4 rings (SSSR count). The first-order chi connectivity index (χ1) is 12.1. The average Bonchev–Trinajstić information content (AvgIpc) is 2.99. The van der Waals surface area contributed by atoms with E-state index < -0.39 is 0 Å². The SMILES string of the molecule is Nc1c(C(=O)c2ccc(Br)cc2)sc2nccc(-c3ccccc3)c12. The second-order valence-electron chi connectivity index (χ2n) is 5.59. The summed E-state index contributed by atoms with van der Waals surface area (Å²) in [4.78, 5) is 18.6. The van der Waals surface area contributed by atoms with Crippen LogP contribution < -0.4 is 5.73 Å². The number of benzene rings is 2. The minimum absolute atomic E-state index is 0.0768. The highest BCUT2D eigenvalue weighted by Gasteiger charge is 2.21. The fourth-order valence-electron chi connectivity index (χ4n) is 2.80. The Balaban J connectivity index is 1.89. The van der Waals surface area contributed by atoms with E-state index in [9.17, 15) is 4.79 Å². The van der Waals surface area contributed by atoms with Crippen molar-refractivity contribution < 1.29 is 4.79 Å². The highest BCUT2D eigenvalue weighted by atomic mass is 79.9. The molecule has 0 aliphatic carbocycles. The van der Waals surface area contributed by atoms with Gasteiger partial charge in [-0.05, 0) is 41.5 Å². The second kappa shape index (κ2) is 6.43. The Morgan fingerprint density at radius 2 is 1.72 bits per heavy atom. The van der Waals surface area contributed by atoms with Crippen molar-refractivity contribution in [2.45, 2.75) is 0 Å². The van der Waals surface area contributed by atoms with E-state index in [0.717, 1.165) is 25.8 Å². The van der Waals surface area contributed by atoms with Crippen molar-refractivity contribution in [2.75, 3.05) is 5.73 Å². The number of halogens is 1. The number of nitrogens with two attached hydrogens (primary N) is 1. The normalized spacial score (nSPS) is 10.9. The van der Waals surface area contributed by atoms with Crippen molar-refractivity contribution in [1.82, 2.24) is 4.98 Å². The third-order valence-corrected chi connectivity index (χ3v) is 5.67. The molecule has 2 N–H and O–H groups in total. The number of anilines is 1. The van der Waals surface area contributed by atoms with E-state index in [4.69, 9.17) is 5.73 Å². The van der Waals surface area contributed by atoms with Crippen LogP contribution in [0.4, 0.5) is 5.69 Å². The Morgan fingerprint density at radius 1 is 1.00 bits per heavy atom. The minimum Gasteiger partial charge on any atom is -0.397 e. The molecule has 25 heavy (non-hydrogen) atoms. The predicted octanol–water partition coefficient (Wildman–Crippen LogP) is 5.54. The van der Waals surface area contributed by atoms with Crippen LogP contribution in [0.25, 0.3) is 21.3 Å². The maximum Gasteiger partial charge on any atom is 0.205 e. The Hall–Kier alpha value is -2.50. The lowest BCUT2D eigenvalue weighted by molar-refractivity contribution is 0.104. The summed E-state index contributed by atoms with van der Waals surface area (Å²) < 4.78 is 0.932. The molecule has 0 aliphatic rings. The van der Waals surface area contributed by atoms with Crippen molar-refractivity contribution >= 4 is 49.0 Å². The van der Waals surface area contributed by atoms with E-state index in [1.54, 1.807) is 18.3 Å². The number of thiophene rings is 1. The number of hydrogen-bond donors (Lipinski definition) is 1. The van der Waals surface area contributed by atoms with Crippen molar-refractivity contribution in [3.8, 4) is 11.1 Å². The lowest BCUT2D eigenvalue weighted by atomic mass is 10.0. The molecule has 0 aliphatic heterocycles. The molecule has 3 nitrogen and oxygen atoms in total. The molecule has 0 unspecified atom stereocenters. The fourth-order valence-corrected chi connectivity index (χ4v) is 4.12. The zero-order valence-electron chi connectivity index (χ0n) is 13.1. The molecule has 2 heterocycles. The first-order valence-electron chi connectivity index (χ1n) is 7.68. The molecule has 0 spiro atoms. The third kappa shape index (κ3) is 2.86. The first-order valence-corrected chi connectivity index (χ1v) is 9.29. The van der Waals surface area contributed by atoms with Gasteiger partial charge in [-0.15, -0.1) is 11.3 Å². The van der Waals surface area contributed by atoms with Crippen LogP contribution in [0.3, 0.4) is 0 Å². The van der Waals surface area contributed by atoms with Crippen LogP contribution >= 0.6 is 27.3 Å². The van der Waals surface area contributed by atoms with E-state index in [-0.39, 0.29) is 5.78 Å². The van der Waals surface area contributed by atoms with Gasteiger partial charge in [-0.2, -0.15) is 0 Å². The van der Waals surface area contributed by atoms with Gasteiger partial charge >= 0.3 is 0 Å². The van der Waals surface area contributed by atoms with Crippen molar-refractivity contribution in [3.05, 3.63) is 81.8 Å². The largest absolute Gasteiger partial charge is 0.397 e. The number of hydrogen-bond acceptors (Lipinski definition) is 4. The summed E-state index contributed by atoms with van der Waals surface area (Å²) in [6, 6.07) is 19.2. The molecular formula is C20H13BrN2OS. The van der Waals surface area contributed by atoms with Gasteiger partial charge in [0.25, 0.3) is 0 Å². The molecule has 4 aromatic rings. The number of nitrogens with zero attached hydrogens (tertiary/aromatic N) is 1. The number of nitrogen functional groups attached to an aromatic ring is 1. The van der Waals surface area contributed by atoms with Gasteiger partial charge in [0.15, 0.2) is 0 Å². The molecule has 2 aromatic heterocycles. The number of ketones is 1. The summed E-state index contributed by atoms with van der Waals surface area (Å²) in [6.45, 7) is 0. The molecule has 0 radical (unpaired) electrons. The topological polar surface area (TPSA) is 56.0 Å². The van der Waals surface area contributed by atoms with Crippen LogP contribution in [-0.2, 0) is 0 Å². The molecule has 0 amide bonds. The van der Waals surface area contributed by atoms with E-state index in [1.807, 2.05) is 48.5 Å². The van der Waals surface area contributed by atoms with Gasteiger partial charge in [-0.1, -0.05) is 46.3 Å². The molecule has 0 bridgehead atoms. The molecule has 0 fully saturated rings. The molecular weight excluding hydrogens is 396 g/mol. The van der Waals surface area contributed by atoms with Crippen LogP contribution in [0, 0.1) is 0 Å². The Morgan fingerprint density at radius 3 is 2.44 bits per heavy atom.